The maximum absolute atomic E-state index is 6.39. The number of thioether (sulfide) groups is 1. The lowest BCUT2D eigenvalue weighted by Crippen LogP contribution is -2.32. The Labute approximate surface area is 103 Å². The first-order chi connectivity index (χ1) is 7.63. The van der Waals surface area contributed by atoms with E-state index in [0.29, 0.717) is 11.2 Å². The van der Waals surface area contributed by atoms with Crippen LogP contribution in [0.2, 0.25) is 0 Å². The van der Waals surface area contributed by atoms with Gasteiger partial charge in [-0.2, -0.15) is 11.8 Å². The molecule has 0 amide bonds. The molecule has 0 bridgehead atoms. The molecule has 0 aromatic heterocycles. The summed E-state index contributed by atoms with van der Waals surface area (Å²) >= 11 is 2.01. The normalized spacial score (nSPS) is 24.6. The highest BCUT2D eigenvalue weighted by Gasteiger charge is 2.29. The summed E-state index contributed by atoms with van der Waals surface area (Å²) in [5.74, 6) is 1.77. The molecule has 1 aromatic carbocycles. The lowest BCUT2D eigenvalue weighted by Gasteiger charge is -2.33. The molecule has 1 aliphatic rings. The van der Waals surface area contributed by atoms with Gasteiger partial charge in [0.1, 0.15) is 0 Å². The monoisotopic (exact) mass is 235 g/mol. The summed E-state index contributed by atoms with van der Waals surface area (Å²) in [6.07, 6.45) is 1.10. The molecule has 1 nitrogen and oxygen atoms in total. The van der Waals surface area contributed by atoms with Crippen molar-refractivity contribution in [1.29, 1.82) is 0 Å². The Kier molecular flexibility index (Phi) is 3.60. The van der Waals surface area contributed by atoms with Crippen molar-refractivity contribution in [3.05, 3.63) is 34.9 Å². The lowest BCUT2D eigenvalue weighted by atomic mass is 9.91. The van der Waals surface area contributed by atoms with Crippen molar-refractivity contribution < 1.29 is 0 Å². The zero-order valence-corrected chi connectivity index (χ0v) is 11.2. The summed E-state index contributed by atoms with van der Waals surface area (Å²) in [6, 6.07) is 7.02. The Morgan fingerprint density at radius 2 is 2.19 bits per heavy atom. The summed E-state index contributed by atoms with van der Waals surface area (Å²) in [6.45, 7) is 6.74. The largest absolute Gasteiger partial charge is 0.323 e. The van der Waals surface area contributed by atoms with Crippen molar-refractivity contribution in [2.24, 2.45) is 11.7 Å². The van der Waals surface area contributed by atoms with Gasteiger partial charge in [0.2, 0.25) is 0 Å². The number of nitrogens with two attached hydrogens (primary N) is 1. The van der Waals surface area contributed by atoms with Crippen LogP contribution < -0.4 is 5.73 Å². The van der Waals surface area contributed by atoms with Crippen LogP contribution >= 0.6 is 11.8 Å². The van der Waals surface area contributed by atoms with Crippen LogP contribution in [0.1, 0.15) is 43.5 Å². The molecule has 1 aliphatic heterocycles. The van der Waals surface area contributed by atoms with Gasteiger partial charge in [0.05, 0.1) is 0 Å². The standard InChI is InChI=1S/C14H21NS/c1-4-10-5-6-11-8-16-14(9(2)3)13(15)12(11)7-10/h5-7,9,13-14H,4,8,15H2,1-3H3. The molecule has 16 heavy (non-hydrogen) atoms. The molecule has 2 N–H and O–H groups in total. The quantitative estimate of drug-likeness (QED) is 0.849. The smallest absolute Gasteiger partial charge is 0.0421 e. The van der Waals surface area contributed by atoms with Gasteiger partial charge in [-0.05, 0) is 29.0 Å². The van der Waals surface area contributed by atoms with E-state index in [9.17, 15) is 0 Å². The minimum Gasteiger partial charge on any atom is -0.323 e. The van der Waals surface area contributed by atoms with Crippen molar-refractivity contribution in [1.82, 2.24) is 0 Å². The molecule has 2 unspecified atom stereocenters. The summed E-state index contributed by atoms with van der Waals surface area (Å²) in [5.41, 5.74) is 10.6. The van der Waals surface area contributed by atoms with E-state index in [2.05, 4.69) is 39.0 Å². The van der Waals surface area contributed by atoms with Crippen molar-refractivity contribution in [2.45, 2.75) is 44.2 Å². The summed E-state index contributed by atoms with van der Waals surface area (Å²) in [4.78, 5) is 0. The molecule has 88 valence electrons. The Morgan fingerprint density at radius 3 is 2.81 bits per heavy atom. The molecule has 2 atom stereocenters. The van der Waals surface area contributed by atoms with E-state index in [1.165, 1.54) is 16.7 Å². The SMILES string of the molecule is CCc1ccc2c(c1)C(N)C(C(C)C)SC2. The maximum atomic E-state index is 6.39. The van der Waals surface area contributed by atoms with Gasteiger partial charge in [-0.1, -0.05) is 39.0 Å². The molecular formula is C14H21NS. The Morgan fingerprint density at radius 1 is 1.44 bits per heavy atom. The van der Waals surface area contributed by atoms with E-state index in [1.807, 2.05) is 11.8 Å². The molecular weight excluding hydrogens is 214 g/mol. The van der Waals surface area contributed by atoms with Crippen molar-refractivity contribution in [3.63, 3.8) is 0 Å². The number of fused-ring (bicyclic) bond motifs is 1. The van der Waals surface area contributed by atoms with Crippen LogP contribution in [0.3, 0.4) is 0 Å². The maximum Gasteiger partial charge on any atom is 0.0421 e. The van der Waals surface area contributed by atoms with Crippen LogP contribution in [-0.4, -0.2) is 5.25 Å². The van der Waals surface area contributed by atoms with E-state index in [0.717, 1.165) is 12.2 Å². The Hall–Kier alpha value is -0.470. The van der Waals surface area contributed by atoms with E-state index < -0.39 is 0 Å². The van der Waals surface area contributed by atoms with E-state index in [1.54, 1.807) is 0 Å². The van der Waals surface area contributed by atoms with Crippen LogP contribution in [0.4, 0.5) is 0 Å². The predicted octanol–water partition coefficient (Wildman–Crippen LogP) is 3.52. The summed E-state index contributed by atoms with van der Waals surface area (Å²) in [7, 11) is 0. The Bertz CT molecular complexity index is 373. The highest BCUT2D eigenvalue weighted by atomic mass is 32.2. The number of hydrogen-bond acceptors (Lipinski definition) is 2. The summed E-state index contributed by atoms with van der Waals surface area (Å²) in [5, 5.41) is 0.569. The molecule has 0 saturated carbocycles. The first kappa shape index (κ1) is 12.0. The minimum absolute atomic E-state index is 0.209. The molecule has 0 spiro atoms. The highest BCUT2D eigenvalue weighted by Crippen LogP contribution is 2.40. The highest BCUT2D eigenvalue weighted by molar-refractivity contribution is 7.99. The molecule has 1 heterocycles. The van der Waals surface area contributed by atoms with Crippen LogP contribution in [-0.2, 0) is 12.2 Å². The van der Waals surface area contributed by atoms with E-state index >= 15 is 0 Å². The minimum atomic E-state index is 0.209. The molecule has 0 radical (unpaired) electrons. The Balaban J connectivity index is 2.34. The van der Waals surface area contributed by atoms with Gasteiger partial charge in [-0.25, -0.2) is 0 Å². The average Bonchev–Trinajstić information content (AvgIpc) is 2.28. The van der Waals surface area contributed by atoms with Gasteiger partial charge in [-0.3, -0.25) is 0 Å². The second-order valence-electron chi connectivity index (χ2n) is 4.93. The van der Waals surface area contributed by atoms with Gasteiger partial charge >= 0.3 is 0 Å². The fourth-order valence-electron chi connectivity index (χ4n) is 2.38. The first-order valence-corrected chi connectivity index (χ1v) is 7.17. The van der Waals surface area contributed by atoms with Crippen LogP contribution in [0, 0.1) is 5.92 Å². The zero-order valence-electron chi connectivity index (χ0n) is 10.4. The third-order valence-corrected chi connectivity index (χ3v) is 5.12. The van der Waals surface area contributed by atoms with Crippen LogP contribution in [0.5, 0.6) is 0 Å². The van der Waals surface area contributed by atoms with Gasteiger partial charge in [0.25, 0.3) is 0 Å². The molecule has 2 rings (SSSR count). The zero-order chi connectivity index (χ0) is 11.7. The number of hydrogen-bond donors (Lipinski definition) is 1. The fourth-order valence-corrected chi connectivity index (χ4v) is 3.75. The molecule has 0 aliphatic carbocycles. The molecule has 0 fully saturated rings. The predicted molar refractivity (Wildman–Crippen MR) is 72.7 cm³/mol. The number of aryl methyl sites for hydroxylation is 1. The number of benzene rings is 1. The van der Waals surface area contributed by atoms with Crippen molar-refractivity contribution in [3.8, 4) is 0 Å². The third kappa shape index (κ3) is 2.14. The van der Waals surface area contributed by atoms with E-state index in [-0.39, 0.29) is 6.04 Å². The van der Waals surface area contributed by atoms with Gasteiger partial charge in [-0.15, -0.1) is 0 Å². The van der Waals surface area contributed by atoms with Gasteiger partial charge in [0, 0.05) is 17.0 Å². The molecule has 0 saturated heterocycles. The van der Waals surface area contributed by atoms with Crippen molar-refractivity contribution >= 4 is 11.8 Å². The van der Waals surface area contributed by atoms with Crippen LogP contribution in [0.15, 0.2) is 18.2 Å². The lowest BCUT2D eigenvalue weighted by molar-refractivity contribution is 0.520. The van der Waals surface area contributed by atoms with E-state index in [4.69, 9.17) is 5.73 Å². The second-order valence-corrected chi connectivity index (χ2v) is 6.10. The second kappa shape index (κ2) is 4.80. The molecule has 2 heteroatoms. The topological polar surface area (TPSA) is 26.0 Å². The van der Waals surface area contributed by atoms with Gasteiger partial charge in [0.15, 0.2) is 0 Å². The molecule has 1 aromatic rings. The third-order valence-electron chi connectivity index (χ3n) is 3.42. The average molecular weight is 235 g/mol. The van der Waals surface area contributed by atoms with Crippen molar-refractivity contribution in [2.75, 3.05) is 0 Å². The first-order valence-electron chi connectivity index (χ1n) is 6.12. The summed E-state index contributed by atoms with van der Waals surface area (Å²) < 4.78 is 0. The van der Waals surface area contributed by atoms with Gasteiger partial charge < -0.3 is 5.73 Å². The number of rotatable bonds is 2. The van der Waals surface area contributed by atoms with Crippen LogP contribution in [0.25, 0.3) is 0 Å². The fraction of sp³-hybridized carbons (Fsp3) is 0.571.